The van der Waals surface area contributed by atoms with E-state index in [2.05, 4.69) is 31.1 Å². The highest BCUT2D eigenvalue weighted by Crippen LogP contribution is 2.17. The molecule has 0 amide bonds. The van der Waals surface area contributed by atoms with E-state index in [0.29, 0.717) is 5.92 Å². The number of rotatable bonds is 6. The summed E-state index contributed by atoms with van der Waals surface area (Å²) in [5.74, 6) is 0.562. The Balaban J connectivity index is 2.06. The Hall–Kier alpha value is 0.210. The third-order valence-corrected chi connectivity index (χ3v) is 4.30. The van der Waals surface area contributed by atoms with E-state index >= 15 is 0 Å². The fraction of sp³-hybridized carbons (Fsp3) is 1.00. The zero-order valence-corrected chi connectivity index (χ0v) is 11.8. The summed E-state index contributed by atoms with van der Waals surface area (Å²) in [5, 5.41) is 3.74. The first-order valence-electron chi connectivity index (χ1n) is 6.66. The molecule has 2 unspecified atom stereocenters. The van der Waals surface area contributed by atoms with Gasteiger partial charge in [0.25, 0.3) is 0 Å². The van der Waals surface area contributed by atoms with Crippen molar-refractivity contribution in [2.75, 3.05) is 26.7 Å². The van der Waals surface area contributed by atoms with Gasteiger partial charge in [-0.15, -0.1) is 11.6 Å². The quantitative estimate of drug-likeness (QED) is 0.573. The van der Waals surface area contributed by atoms with Crippen LogP contribution in [0.15, 0.2) is 0 Å². The van der Waals surface area contributed by atoms with E-state index in [4.69, 9.17) is 11.6 Å². The topological polar surface area (TPSA) is 15.3 Å². The van der Waals surface area contributed by atoms with Crippen LogP contribution in [0.25, 0.3) is 0 Å². The summed E-state index contributed by atoms with van der Waals surface area (Å²) in [6.45, 7) is 7.66. The highest BCUT2D eigenvalue weighted by molar-refractivity contribution is 6.20. The molecule has 96 valence electrons. The number of nitrogens with one attached hydrogen (secondary N) is 1. The lowest BCUT2D eigenvalue weighted by atomic mass is 10.0. The van der Waals surface area contributed by atoms with Crippen LogP contribution in [0.3, 0.4) is 0 Å². The molecule has 1 heterocycles. The summed E-state index contributed by atoms with van der Waals surface area (Å²) in [5.41, 5.74) is 0. The van der Waals surface area contributed by atoms with Crippen LogP contribution < -0.4 is 5.32 Å². The summed E-state index contributed by atoms with van der Waals surface area (Å²) in [7, 11) is 2.25. The number of nitrogens with zero attached hydrogens (tertiary/aromatic N) is 1. The second kappa shape index (κ2) is 7.52. The fourth-order valence-corrected chi connectivity index (χ4v) is 2.36. The van der Waals surface area contributed by atoms with Crippen LogP contribution in [0.2, 0.25) is 0 Å². The molecule has 1 aliphatic rings. The Morgan fingerprint density at radius 2 is 2.12 bits per heavy atom. The van der Waals surface area contributed by atoms with Crippen LogP contribution in [0.4, 0.5) is 0 Å². The highest BCUT2D eigenvalue weighted by Gasteiger charge is 2.18. The van der Waals surface area contributed by atoms with Crippen molar-refractivity contribution in [3.8, 4) is 0 Å². The van der Waals surface area contributed by atoms with E-state index < -0.39 is 0 Å². The SMILES string of the molecule is CC(C)C(Cl)CNCCC1CCCCN1C. The van der Waals surface area contributed by atoms with Gasteiger partial charge in [-0.25, -0.2) is 0 Å². The minimum absolute atomic E-state index is 0.268. The van der Waals surface area contributed by atoms with Crippen molar-refractivity contribution in [2.24, 2.45) is 5.92 Å². The van der Waals surface area contributed by atoms with E-state index in [9.17, 15) is 0 Å². The molecule has 2 atom stereocenters. The van der Waals surface area contributed by atoms with Gasteiger partial charge in [0.2, 0.25) is 0 Å². The summed E-state index contributed by atoms with van der Waals surface area (Å²) in [6.07, 6.45) is 5.40. The highest BCUT2D eigenvalue weighted by atomic mass is 35.5. The summed E-state index contributed by atoms with van der Waals surface area (Å²) in [4.78, 5) is 2.51. The van der Waals surface area contributed by atoms with E-state index in [0.717, 1.165) is 19.1 Å². The second-order valence-corrected chi connectivity index (χ2v) is 5.94. The van der Waals surface area contributed by atoms with Gasteiger partial charge < -0.3 is 10.2 Å². The Morgan fingerprint density at radius 1 is 1.38 bits per heavy atom. The third kappa shape index (κ3) is 5.03. The van der Waals surface area contributed by atoms with Gasteiger partial charge in [0.05, 0.1) is 0 Å². The van der Waals surface area contributed by atoms with Gasteiger partial charge in [-0.2, -0.15) is 0 Å². The zero-order chi connectivity index (χ0) is 12.0. The predicted molar refractivity (Wildman–Crippen MR) is 72.2 cm³/mol. The standard InChI is InChI=1S/C13H27ClN2/c1-11(2)13(14)10-15-8-7-12-6-4-5-9-16(12)3/h11-13,15H,4-10H2,1-3H3. The van der Waals surface area contributed by atoms with Crippen molar-refractivity contribution in [3.63, 3.8) is 0 Å². The van der Waals surface area contributed by atoms with Gasteiger partial charge in [0.1, 0.15) is 0 Å². The molecule has 2 nitrogen and oxygen atoms in total. The normalized spacial score (nSPS) is 24.9. The Kier molecular flexibility index (Phi) is 6.71. The van der Waals surface area contributed by atoms with Crippen LogP contribution in [0.1, 0.15) is 39.5 Å². The molecule has 3 heteroatoms. The second-order valence-electron chi connectivity index (χ2n) is 5.38. The van der Waals surface area contributed by atoms with Crippen molar-refractivity contribution in [3.05, 3.63) is 0 Å². The molecule has 0 spiro atoms. The lowest BCUT2D eigenvalue weighted by Gasteiger charge is -2.32. The Labute approximate surface area is 106 Å². The molecule has 0 aromatic rings. The van der Waals surface area contributed by atoms with Crippen LogP contribution in [-0.2, 0) is 0 Å². The molecule has 1 fully saturated rings. The van der Waals surface area contributed by atoms with Crippen LogP contribution in [0, 0.1) is 5.92 Å². The van der Waals surface area contributed by atoms with E-state index in [1.807, 2.05) is 0 Å². The largest absolute Gasteiger partial charge is 0.315 e. The van der Waals surface area contributed by atoms with Crippen molar-refractivity contribution in [2.45, 2.75) is 50.9 Å². The number of hydrogen-bond acceptors (Lipinski definition) is 2. The van der Waals surface area contributed by atoms with E-state index in [1.54, 1.807) is 0 Å². The monoisotopic (exact) mass is 246 g/mol. The number of hydrogen-bond donors (Lipinski definition) is 1. The van der Waals surface area contributed by atoms with E-state index in [1.165, 1.54) is 32.2 Å². The maximum absolute atomic E-state index is 6.19. The molecule has 16 heavy (non-hydrogen) atoms. The van der Waals surface area contributed by atoms with Crippen molar-refractivity contribution in [1.82, 2.24) is 10.2 Å². The average Bonchev–Trinajstić information content (AvgIpc) is 2.26. The average molecular weight is 247 g/mol. The molecule has 1 N–H and O–H groups in total. The fourth-order valence-electron chi connectivity index (χ4n) is 2.25. The molecule has 0 aliphatic carbocycles. The van der Waals surface area contributed by atoms with Gasteiger partial charge in [0, 0.05) is 18.0 Å². The van der Waals surface area contributed by atoms with Crippen LogP contribution in [0.5, 0.6) is 0 Å². The molecule has 0 bridgehead atoms. The molecule has 1 saturated heterocycles. The zero-order valence-electron chi connectivity index (χ0n) is 11.0. The maximum Gasteiger partial charge on any atom is 0.0483 e. The summed E-state index contributed by atoms with van der Waals surface area (Å²) < 4.78 is 0. The molecular weight excluding hydrogens is 220 g/mol. The Bertz CT molecular complexity index is 185. The van der Waals surface area contributed by atoms with E-state index in [-0.39, 0.29) is 5.38 Å². The van der Waals surface area contributed by atoms with Crippen LogP contribution >= 0.6 is 11.6 Å². The molecule has 0 saturated carbocycles. The predicted octanol–water partition coefficient (Wildman–Crippen LogP) is 2.71. The minimum Gasteiger partial charge on any atom is -0.315 e. The van der Waals surface area contributed by atoms with Gasteiger partial charge in [-0.05, 0) is 45.3 Å². The first-order valence-corrected chi connectivity index (χ1v) is 7.10. The molecule has 1 aliphatic heterocycles. The first-order chi connectivity index (χ1) is 7.61. The summed E-state index contributed by atoms with van der Waals surface area (Å²) in [6, 6.07) is 0.786. The minimum atomic E-state index is 0.268. The van der Waals surface area contributed by atoms with Crippen molar-refractivity contribution >= 4 is 11.6 Å². The molecule has 0 radical (unpaired) electrons. The van der Waals surface area contributed by atoms with Crippen molar-refractivity contribution < 1.29 is 0 Å². The first kappa shape index (κ1) is 14.3. The van der Waals surface area contributed by atoms with Gasteiger partial charge in [-0.3, -0.25) is 0 Å². The van der Waals surface area contributed by atoms with Gasteiger partial charge in [0.15, 0.2) is 0 Å². The lowest BCUT2D eigenvalue weighted by molar-refractivity contribution is 0.175. The Morgan fingerprint density at radius 3 is 2.75 bits per heavy atom. The van der Waals surface area contributed by atoms with Gasteiger partial charge in [-0.1, -0.05) is 20.3 Å². The number of alkyl halides is 1. The lowest BCUT2D eigenvalue weighted by Crippen LogP contribution is -2.39. The maximum atomic E-state index is 6.19. The molecular formula is C13H27ClN2. The molecule has 0 aromatic carbocycles. The van der Waals surface area contributed by atoms with Crippen LogP contribution in [-0.4, -0.2) is 43.0 Å². The third-order valence-electron chi connectivity index (χ3n) is 3.64. The number of likely N-dealkylation sites (tertiary alicyclic amines) is 1. The molecule has 0 aromatic heterocycles. The molecule has 1 rings (SSSR count). The number of halogens is 1. The summed E-state index contributed by atoms with van der Waals surface area (Å²) >= 11 is 6.19. The number of piperidine rings is 1. The van der Waals surface area contributed by atoms with Crippen molar-refractivity contribution in [1.29, 1.82) is 0 Å². The van der Waals surface area contributed by atoms with Gasteiger partial charge >= 0.3 is 0 Å². The smallest absolute Gasteiger partial charge is 0.0483 e.